The van der Waals surface area contributed by atoms with Gasteiger partial charge in [-0.05, 0) is 17.7 Å². The Hall–Kier alpha value is -2.21. The lowest BCUT2D eigenvalue weighted by Gasteiger charge is -2.11. The first kappa shape index (κ1) is 12.3. The van der Waals surface area contributed by atoms with Crippen molar-refractivity contribution < 1.29 is 14.6 Å². The van der Waals surface area contributed by atoms with Crippen LogP contribution in [0, 0.1) is 0 Å². The van der Waals surface area contributed by atoms with E-state index in [0.717, 1.165) is 5.56 Å². The second kappa shape index (κ2) is 5.42. The molecule has 2 rings (SSSR count). The van der Waals surface area contributed by atoms with Crippen LogP contribution in [0.25, 0.3) is 0 Å². The Morgan fingerprint density at radius 3 is 3.06 bits per heavy atom. The number of aldehydes is 1. The Bertz CT molecular complexity index is 539. The highest BCUT2D eigenvalue weighted by molar-refractivity contribution is 5.70. The first-order chi connectivity index (χ1) is 8.72. The zero-order valence-corrected chi connectivity index (χ0v) is 9.85. The lowest BCUT2D eigenvalue weighted by atomic mass is 10.1. The summed E-state index contributed by atoms with van der Waals surface area (Å²) in [4.78, 5) is 10.5. The van der Waals surface area contributed by atoms with E-state index in [2.05, 4.69) is 10.3 Å². The number of rotatable bonds is 5. The van der Waals surface area contributed by atoms with Crippen LogP contribution < -0.4 is 4.74 Å². The molecule has 0 bridgehead atoms. The minimum Gasteiger partial charge on any atom is -0.497 e. The van der Waals surface area contributed by atoms with Crippen LogP contribution in [0.3, 0.4) is 0 Å². The van der Waals surface area contributed by atoms with Gasteiger partial charge in [-0.2, -0.15) is 0 Å². The highest BCUT2D eigenvalue weighted by Crippen LogP contribution is 2.20. The summed E-state index contributed by atoms with van der Waals surface area (Å²) in [5, 5.41) is 17.4. The Morgan fingerprint density at radius 2 is 2.39 bits per heavy atom. The summed E-state index contributed by atoms with van der Waals surface area (Å²) < 4.78 is 6.51. The molecule has 0 spiro atoms. The number of methoxy groups -OCH3 is 1. The van der Waals surface area contributed by atoms with Crippen molar-refractivity contribution in [3.63, 3.8) is 0 Å². The van der Waals surface area contributed by atoms with Gasteiger partial charge in [-0.15, -0.1) is 5.10 Å². The van der Waals surface area contributed by atoms with Gasteiger partial charge in [0.05, 0.1) is 26.0 Å². The maximum Gasteiger partial charge on any atom is 0.171 e. The van der Waals surface area contributed by atoms with Gasteiger partial charge in [0.15, 0.2) is 6.29 Å². The van der Waals surface area contributed by atoms with Gasteiger partial charge in [0.25, 0.3) is 0 Å². The number of benzene rings is 1. The fourth-order valence-electron chi connectivity index (χ4n) is 1.59. The van der Waals surface area contributed by atoms with Gasteiger partial charge in [-0.1, -0.05) is 17.3 Å². The first-order valence-electron chi connectivity index (χ1n) is 5.40. The van der Waals surface area contributed by atoms with Gasteiger partial charge in [0.1, 0.15) is 11.4 Å². The summed E-state index contributed by atoms with van der Waals surface area (Å²) in [6, 6.07) is 7.15. The lowest BCUT2D eigenvalue weighted by Crippen LogP contribution is -2.09. The van der Waals surface area contributed by atoms with Gasteiger partial charge in [-0.25, -0.2) is 4.68 Å². The molecule has 2 aromatic rings. The Balaban J connectivity index is 2.10. The third-order valence-corrected chi connectivity index (χ3v) is 2.52. The van der Waals surface area contributed by atoms with Crippen LogP contribution in [0.1, 0.15) is 22.2 Å². The summed E-state index contributed by atoms with van der Waals surface area (Å²) in [5.41, 5.74) is 0.963. The third-order valence-electron chi connectivity index (χ3n) is 2.52. The van der Waals surface area contributed by atoms with E-state index in [1.54, 1.807) is 31.4 Å². The van der Waals surface area contributed by atoms with Crippen LogP contribution in [0.2, 0.25) is 0 Å². The number of hydrogen-bond acceptors (Lipinski definition) is 5. The van der Waals surface area contributed by atoms with Crippen molar-refractivity contribution in [2.45, 2.75) is 12.6 Å². The summed E-state index contributed by atoms with van der Waals surface area (Å²) in [5.74, 6) is 0.679. The van der Waals surface area contributed by atoms with Crippen LogP contribution in [-0.2, 0) is 6.54 Å². The molecule has 0 aliphatic carbocycles. The number of aliphatic hydroxyl groups excluding tert-OH is 1. The van der Waals surface area contributed by atoms with Crippen molar-refractivity contribution in [3.05, 3.63) is 41.7 Å². The molecular weight excluding hydrogens is 234 g/mol. The van der Waals surface area contributed by atoms with E-state index >= 15 is 0 Å². The Labute approximate surface area is 104 Å². The van der Waals surface area contributed by atoms with Crippen LogP contribution in [0.5, 0.6) is 5.75 Å². The molecule has 6 heteroatoms. The molecule has 0 fully saturated rings. The average molecular weight is 247 g/mol. The lowest BCUT2D eigenvalue weighted by molar-refractivity contribution is 0.111. The highest BCUT2D eigenvalue weighted by atomic mass is 16.5. The molecule has 0 aliphatic rings. The fourth-order valence-corrected chi connectivity index (χ4v) is 1.59. The second-order valence-electron chi connectivity index (χ2n) is 3.78. The molecule has 6 nitrogen and oxygen atoms in total. The predicted octanol–water partition coefficient (Wildman–Crippen LogP) is 0.833. The van der Waals surface area contributed by atoms with E-state index < -0.39 is 6.10 Å². The zero-order valence-electron chi connectivity index (χ0n) is 9.85. The molecule has 0 radical (unpaired) electrons. The van der Waals surface area contributed by atoms with Crippen molar-refractivity contribution in [3.8, 4) is 5.75 Å². The summed E-state index contributed by atoms with van der Waals surface area (Å²) >= 11 is 0. The maximum atomic E-state index is 10.5. The Kier molecular flexibility index (Phi) is 3.69. The van der Waals surface area contributed by atoms with E-state index in [1.165, 1.54) is 10.9 Å². The molecule has 1 atom stereocenters. The number of carbonyl (C=O) groups excluding carboxylic acids is 1. The van der Waals surface area contributed by atoms with E-state index in [0.29, 0.717) is 12.0 Å². The summed E-state index contributed by atoms with van der Waals surface area (Å²) in [6.45, 7) is 0.230. The normalized spacial score (nSPS) is 12.1. The molecule has 1 unspecified atom stereocenters. The zero-order chi connectivity index (χ0) is 13.0. The van der Waals surface area contributed by atoms with Gasteiger partial charge in [-0.3, -0.25) is 4.79 Å². The quantitative estimate of drug-likeness (QED) is 0.792. The smallest absolute Gasteiger partial charge is 0.171 e. The van der Waals surface area contributed by atoms with E-state index in [1.807, 2.05) is 0 Å². The molecule has 1 N–H and O–H groups in total. The topological polar surface area (TPSA) is 77.2 Å². The van der Waals surface area contributed by atoms with Crippen molar-refractivity contribution in [2.24, 2.45) is 0 Å². The summed E-state index contributed by atoms with van der Waals surface area (Å²) in [7, 11) is 1.57. The number of aromatic nitrogens is 3. The minimum atomic E-state index is -0.735. The molecule has 1 aromatic carbocycles. The van der Waals surface area contributed by atoms with Gasteiger partial charge >= 0.3 is 0 Å². The van der Waals surface area contributed by atoms with E-state index in [-0.39, 0.29) is 12.2 Å². The average Bonchev–Trinajstić information content (AvgIpc) is 2.86. The monoisotopic (exact) mass is 247 g/mol. The molecular formula is C12H13N3O3. The van der Waals surface area contributed by atoms with Crippen molar-refractivity contribution in [1.29, 1.82) is 0 Å². The van der Waals surface area contributed by atoms with Crippen molar-refractivity contribution >= 4 is 6.29 Å². The molecule has 0 aliphatic heterocycles. The molecule has 0 saturated carbocycles. The largest absolute Gasteiger partial charge is 0.497 e. The minimum absolute atomic E-state index is 0.230. The number of ether oxygens (including phenoxy) is 1. The molecule has 1 heterocycles. The van der Waals surface area contributed by atoms with Crippen molar-refractivity contribution in [1.82, 2.24) is 15.0 Å². The van der Waals surface area contributed by atoms with Crippen LogP contribution in [0.4, 0.5) is 0 Å². The predicted molar refractivity (Wildman–Crippen MR) is 63.4 cm³/mol. The summed E-state index contributed by atoms with van der Waals surface area (Å²) in [6.07, 6.45) is 1.36. The van der Waals surface area contributed by atoms with Gasteiger partial charge in [0.2, 0.25) is 0 Å². The fraction of sp³-hybridized carbons (Fsp3) is 0.250. The molecule has 0 amide bonds. The maximum absolute atomic E-state index is 10.5. The first-order valence-corrected chi connectivity index (χ1v) is 5.40. The third kappa shape index (κ3) is 2.72. The van der Waals surface area contributed by atoms with E-state index in [9.17, 15) is 9.90 Å². The molecule has 0 saturated heterocycles. The van der Waals surface area contributed by atoms with Gasteiger partial charge in [0, 0.05) is 0 Å². The highest BCUT2D eigenvalue weighted by Gasteiger charge is 2.10. The number of hydrogen-bond donors (Lipinski definition) is 1. The molecule has 18 heavy (non-hydrogen) atoms. The van der Waals surface area contributed by atoms with Crippen LogP contribution in [0.15, 0.2) is 30.5 Å². The Morgan fingerprint density at radius 1 is 1.56 bits per heavy atom. The van der Waals surface area contributed by atoms with E-state index in [4.69, 9.17) is 4.74 Å². The number of aliphatic hydroxyl groups is 1. The van der Waals surface area contributed by atoms with Gasteiger partial charge < -0.3 is 9.84 Å². The van der Waals surface area contributed by atoms with Crippen molar-refractivity contribution in [2.75, 3.05) is 7.11 Å². The van der Waals surface area contributed by atoms with Crippen LogP contribution in [-0.4, -0.2) is 33.5 Å². The number of nitrogens with zero attached hydrogens (tertiary/aromatic N) is 3. The SMILES string of the molecule is COc1cccc(C(O)Cn2cc(C=O)nn2)c1. The standard InChI is InChI=1S/C12H13N3O3/c1-18-11-4-2-3-9(5-11)12(17)7-15-6-10(8-16)13-14-15/h2-6,8,12,17H,7H2,1H3. The van der Waals surface area contributed by atoms with Crippen LogP contribution >= 0.6 is 0 Å². The number of carbonyl (C=O) groups is 1. The second-order valence-corrected chi connectivity index (χ2v) is 3.78. The molecule has 1 aromatic heterocycles. The molecule has 94 valence electrons.